The van der Waals surface area contributed by atoms with Gasteiger partial charge in [0.15, 0.2) is 0 Å². The molecule has 3 nitrogen and oxygen atoms in total. The Balaban J connectivity index is 2.52. The van der Waals surface area contributed by atoms with Gasteiger partial charge in [-0.3, -0.25) is 4.21 Å². The standard InChI is InChI=1S/C15H25NO2S/c1-11(2)8-16-9-14(17)10-19(18)15-7-12(3)5-6-13(15)4/h5-7,11,14,16-17H,8-10H2,1-4H3. The monoisotopic (exact) mass is 283 g/mol. The van der Waals surface area contributed by atoms with Crippen molar-refractivity contribution < 1.29 is 9.32 Å². The third kappa shape index (κ3) is 5.85. The summed E-state index contributed by atoms with van der Waals surface area (Å²) in [6, 6.07) is 5.93. The van der Waals surface area contributed by atoms with Crippen LogP contribution < -0.4 is 5.32 Å². The van der Waals surface area contributed by atoms with Crippen molar-refractivity contribution in [2.24, 2.45) is 5.92 Å². The van der Waals surface area contributed by atoms with Gasteiger partial charge in [-0.25, -0.2) is 0 Å². The molecule has 0 aliphatic rings. The van der Waals surface area contributed by atoms with Crippen molar-refractivity contribution in [3.63, 3.8) is 0 Å². The number of aliphatic hydroxyl groups excluding tert-OH is 1. The lowest BCUT2D eigenvalue weighted by Gasteiger charge is -2.14. The van der Waals surface area contributed by atoms with E-state index in [1.54, 1.807) is 0 Å². The zero-order chi connectivity index (χ0) is 14.4. The Labute approximate surface area is 118 Å². The molecular weight excluding hydrogens is 258 g/mol. The van der Waals surface area contributed by atoms with E-state index < -0.39 is 16.9 Å². The Bertz CT molecular complexity index is 432. The summed E-state index contributed by atoms with van der Waals surface area (Å²) in [5.41, 5.74) is 2.12. The first-order valence-electron chi connectivity index (χ1n) is 6.74. The fourth-order valence-electron chi connectivity index (χ4n) is 1.81. The molecule has 2 N–H and O–H groups in total. The van der Waals surface area contributed by atoms with Gasteiger partial charge in [0.2, 0.25) is 0 Å². The van der Waals surface area contributed by atoms with Gasteiger partial charge in [-0.2, -0.15) is 0 Å². The highest BCUT2D eigenvalue weighted by Crippen LogP contribution is 2.15. The van der Waals surface area contributed by atoms with E-state index in [2.05, 4.69) is 19.2 Å². The van der Waals surface area contributed by atoms with E-state index in [0.717, 1.165) is 22.6 Å². The quantitative estimate of drug-likeness (QED) is 0.805. The maximum absolute atomic E-state index is 12.2. The maximum atomic E-state index is 12.2. The number of aliphatic hydroxyl groups is 1. The van der Waals surface area contributed by atoms with Gasteiger partial charge in [-0.15, -0.1) is 0 Å². The van der Waals surface area contributed by atoms with Crippen molar-refractivity contribution in [1.29, 1.82) is 0 Å². The predicted molar refractivity (Wildman–Crippen MR) is 80.9 cm³/mol. The molecule has 0 spiro atoms. The van der Waals surface area contributed by atoms with Crippen molar-refractivity contribution in [2.45, 2.75) is 38.7 Å². The molecule has 0 fully saturated rings. The van der Waals surface area contributed by atoms with Crippen LogP contribution in [0.3, 0.4) is 0 Å². The second-order valence-electron chi connectivity index (χ2n) is 5.49. The summed E-state index contributed by atoms with van der Waals surface area (Å²) in [7, 11) is -1.14. The van der Waals surface area contributed by atoms with Crippen LogP contribution in [0.25, 0.3) is 0 Å². The topological polar surface area (TPSA) is 49.3 Å². The van der Waals surface area contributed by atoms with Gasteiger partial charge in [0, 0.05) is 11.4 Å². The van der Waals surface area contributed by atoms with Crippen LogP contribution in [-0.2, 0) is 10.8 Å². The SMILES string of the molecule is Cc1ccc(C)c(S(=O)CC(O)CNCC(C)C)c1. The Kier molecular flexibility index (Phi) is 6.69. The Morgan fingerprint density at radius 1 is 1.26 bits per heavy atom. The number of aryl methyl sites for hydroxylation is 2. The molecule has 1 rings (SSSR count). The minimum Gasteiger partial charge on any atom is -0.391 e. The summed E-state index contributed by atoms with van der Waals surface area (Å²) >= 11 is 0. The van der Waals surface area contributed by atoms with Crippen molar-refractivity contribution in [3.05, 3.63) is 29.3 Å². The van der Waals surface area contributed by atoms with Gasteiger partial charge < -0.3 is 10.4 Å². The maximum Gasteiger partial charge on any atom is 0.0783 e. The molecule has 2 atom stereocenters. The first-order valence-corrected chi connectivity index (χ1v) is 8.06. The minimum atomic E-state index is -1.14. The molecule has 0 heterocycles. The predicted octanol–water partition coefficient (Wildman–Crippen LogP) is 2.02. The molecule has 0 amide bonds. The van der Waals surface area contributed by atoms with Crippen LogP contribution in [0.4, 0.5) is 0 Å². The van der Waals surface area contributed by atoms with Crippen LogP contribution in [0.2, 0.25) is 0 Å². The molecule has 1 aromatic rings. The van der Waals surface area contributed by atoms with Crippen LogP contribution in [-0.4, -0.2) is 34.3 Å². The summed E-state index contributed by atoms with van der Waals surface area (Å²) < 4.78 is 12.2. The Morgan fingerprint density at radius 2 is 1.95 bits per heavy atom. The van der Waals surface area contributed by atoms with Gasteiger partial charge in [0.05, 0.1) is 22.7 Å². The minimum absolute atomic E-state index is 0.287. The van der Waals surface area contributed by atoms with E-state index in [9.17, 15) is 9.32 Å². The summed E-state index contributed by atoms with van der Waals surface area (Å²) in [6.07, 6.45) is -0.570. The highest BCUT2D eigenvalue weighted by molar-refractivity contribution is 7.85. The highest BCUT2D eigenvalue weighted by atomic mass is 32.2. The van der Waals surface area contributed by atoms with Crippen LogP contribution >= 0.6 is 0 Å². The third-order valence-electron chi connectivity index (χ3n) is 2.87. The van der Waals surface area contributed by atoms with Gasteiger partial charge in [0.1, 0.15) is 0 Å². The van der Waals surface area contributed by atoms with E-state index in [-0.39, 0.29) is 5.75 Å². The van der Waals surface area contributed by atoms with Crippen molar-refractivity contribution in [2.75, 3.05) is 18.8 Å². The van der Waals surface area contributed by atoms with Crippen molar-refractivity contribution >= 4 is 10.8 Å². The smallest absolute Gasteiger partial charge is 0.0783 e. The first-order chi connectivity index (χ1) is 8.90. The van der Waals surface area contributed by atoms with Crippen LogP contribution in [0.15, 0.2) is 23.1 Å². The zero-order valence-corrected chi connectivity index (χ0v) is 13.1. The fraction of sp³-hybridized carbons (Fsp3) is 0.600. The van der Waals surface area contributed by atoms with Gasteiger partial charge >= 0.3 is 0 Å². The van der Waals surface area contributed by atoms with E-state index in [0.29, 0.717) is 12.5 Å². The summed E-state index contributed by atoms with van der Waals surface area (Å²) in [6.45, 7) is 9.54. The van der Waals surface area contributed by atoms with E-state index in [1.807, 2.05) is 32.0 Å². The van der Waals surface area contributed by atoms with Gasteiger partial charge in [0.25, 0.3) is 0 Å². The molecule has 0 saturated carbocycles. The molecule has 0 radical (unpaired) electrons. The van der Waals surface area contributed by atoms with Gasteiger partial charge in [-0.05, 0) is 43.5 Å². The second kappa shape index (κ2) is 7.78. The number of hydrogen-bond donors (Lipinski definition) is 2. The Morgan fingerprint density at radius 3 is 2.58 bits per heavy atom. The molecule has 0 aliphatic carbocycles. The molecule has 0 aliphatic heterocycles. The molecule has 19 heavy (non-hydrogen) atoms. The van der Waals surface area contributed by atoms with Crippen LogP contribution in [0.5, 0.6) is 0 Å². The average Bonchev–Trinajstić information content (AvgIpc) is 2.31. The first kappa shape index (κ1) is 16.3. The van der Waals surface area contributed by atoms with Crippen molar-refractivity contribution in [3.8, 4) is 0 Å². The second-order valence-corrected chi connectivity index (χ2v) is 6.95. The lowest BCUT2D eigenvalue weighted by atomic mass is 10.2. The zero-order valence-electron chi connectivity index (χ0n) is 12.3. The van der Waals surface area contributed by atoms with E-state index >= 15 is 0 Å². The number of benzene rings is 1. The molecule has 4 heteroatoms. The average molecular weight is 283 g/mol. The molecule has 0 bridgehead atoms. The van der Waals surface area contributed by atoms with Crippen molar-refractivity contribution in [1.82, 2.24) is 5.32 Å². The Hall–Kier alpha value is -0.710. The largest absolute Gasteiger partial charge is 0.391 e. The van der Waals surface area contributed by atoms with E-state index in [1.165, 1.54) is 0 Å². The summed E-state index contributed by atoms with van der Waals surface area (Å²) in [5.74, 6) is 0.840. The van der Waals surface area contributed by atoms with Crippen LogP contribution in [0.1, 0.15) is 25.0 Å². The molecule has 1 aromatic carbocycles. The molecular formula is C15H25NO2S. The lowest BCUT2D eigenvalue weighted by Crippen LogP contribution is -2.33. The lowest BCUT2D eigenvalue weighted by molar-refractivity contribution is 0.193. The summed E-state index contributed by atoms with van der Waals surface area (Å²) in [5, 5.41) is 13.1. The molecule has 2 unspecified atom stereocenters. The highest BCUT2D eigenvalue weighted by Gasteiger charge is 2.13. The van der Waals surface area contributed by atoms with E-state index in [4.69, 9.17) is 0 Å². The molecule has 0 aromatic heterocycles. The number of hydrogen-bond acceptors (Lipinski definition) is 3. The summed E-state index contributed by atoms with van der Waals surface area (Å²) in [4.78, 5) is 0.836. The molecule has 0 saturated heterocycles. The fourth-order valence-corrected chi connectivity index (χ4v) is 3.21. The third-order valence-corrected chi connectivity index (χ3v) is 4.48. The molecule has 108 valence electrons. The number of rotatable bonds is 7. The normalized spacial score (nSPS) is 14.6. The number of nitrogens with one attached hydrogen (secondary N) is 1. The van der Waals surface area contributed by atoms with Gasteiger partial charge in [-0.1, -0.05) is 26.0 Å². The van der Waals surface area contributed by atoms with Crippen LogP contribution in [0, 0.1) is 19.8 Å².